The molecule has 9 nitrogen and oxygen atoms in total. The minimum atomic E-state index is -1.36. The second kappa shape index (κ2) is 9.68. The largest absolute Gasteiger partial charge is 0.491 e. The van der Waals surface area contributed by atoms with Crippen molar-refractivity contribution < 1.29 is 33.3 Å². The van der Waals surface area contributed by atoms with Crippen LogP contribution >= 0.6 is 11.3 Å². The summed E-state index contributed by atoms with van der Waals surface area (Å²) in [4.78, 5) is 39.2. The number of nitrogens with zero attached hydrogens (tertiary/aromatic N) is 1. The minimum absolute atomic E-state index is 0.000403. The molecule has 0 saturated heterocycles. The van der Waals surface area contributed by atoms with E-state index in [4.69, 9.17) is 14.6 Å². The summed E-state index contributed by atoms with van der Waals surface area (Å²) in [5, 5.41) is 19.4. The van der Waals surface area contributed by atoms with Crippen molar-refractivity contribution in [2.75, 3.05) is 13.2 Å². The highest BCUT2D eigenvalue weighted by Crippen LogP contribution is 2.32. The van der Waals surface area contributed by atoms with Crippen molar-refractivity contribution >= 4 is 28.2 Å². The highest BCUT2D eigenvalue weighted by Gasteiger charge is 2.22. The molecule has 1 unspecified atom stereocenters. The Bertz CT molecular complexity index is 1540. The van der Waals surface area contributed by atoms with Gasteiger partial charge in [-0.3, -0.25) is 4.79 Å². The number of fused-ring (bicyclic) bond motifs is 1. The molecule has 0 aliphatic heterocycles. The Morgan fingerprint density at radius 1 is 1.20 bits per heavy atom. The Hall–Kier alpha value is -4.03. The summed E-state index contributed by atoms with van der Waals surface area (Å²) in [7, 11) is 0. The molecule has 3 N–H and O–H groups in total. The van der Waals surface area contributed by atoms with Crippen LogP contribution in [-0.4, -0.2) is 38.9 Å². The van der Waals surface area contributed by atoms with Gasteiger partial charge in [0.05, 0.1) is 28.8 Å². The quantitative estimate of drug-likeness (QED) is 0.336. The number of benzene rings is 2. The van der Waals surface area contributed by atoms with E-state index in [9.17, 15) is 28.3 Å². The topological polar surface area (TPSA) is 131 Å². The Labute approximate surface area is 199 Å². The molecule has 0 saturated carbocycles. The average Bonchev–Trinajstić information content (AvgIpc) is 3.24. The van der Waals surface area contributed by atoms with Crippen molar-refractivity contribution in [1.82, 2.24) is 9.55 Å². The van der Waals surface area contributed by atoms with Gasteiger partial charge in [0.2, 0.25) is 0 Å². The van der Waals surface area contributed by atoms with Crippen molar-refractivity contribution in [1.29, 1.82) is 0 Å². The molecule has 0 spiro atoms. The average molecular weight is 504 g/mol. The highest BCUT2D eigenvalue weighted by atomic mass is 32.1. The van der Waals surface area contributed by atoms with E-state index in [0.29, 0.717) is 4.57 Å². The molecule has 0 radical (unpaired) electrons. The summed E-state index contributed by atoms with van der Waals surface area (Å²) in [6, 6.07) is 7.40. The molecule has 0 aliphatic rings. The summed E-state index contributed by atoms with van der Waals surface area (Å²) in [6.45, 7) is 1.16. The van der Waals surface area contributed by atoms with Crippen molar-refractivity contribution in [2.24, 2.45) is 0 Å². The third-order valence-corrected chi connectivity index (χ3v) is 6.05. The lowest BCUT2D eigenvalue weighted by molar-refractivity contribution is 0.0704. The number of aromatic amines is 1. The van der Waals surface area contributed by atoms with Crippen LogP contribution in [0.4, 0.5) is 8.78 Å². The molecule has 0 amide bonds. The lowest BCUT2D eigenvalue weighted by Crippen LogP contribution is -2.34. The summed E-state index contributed by atoms with van der Waals surface area (Å²) in [6.07, 6.45) is -0.948. The molecule has 2 heterocycles. The zero-order chi connectivity index (χ0) is 25.3. The van der Waals surface area contributed by atoms with E-state index in [1.807, 2.05) is 0 Å². The number of H-pyrrole nitrogens is 1. The number of aliphatic hydroxyl groups is 1. The first-order valence-electron chi connectivity index (χ1n) is 10.2. The third kappa shape index (κ3) is 4.53. The van der Waals surface area contributed by atoms with E-state index < -0.39 is 40.6 Å². The molecule has 2 aromatic carbocycles. The maximum absolute atomic E-state index is 14.7. The van der Waals surface area contributed by atoms with Crippen molar-refractivity contribution in [2.45, 2.75) is 13.0 Å². The molecule has 4 aromatic rings. The zero-order valence-corrected chi connectivity index (χ0v) is 18.9. The van der Waals surface area contributed by atoms with Gasteiger partial charge in [0.15, 0.2) is 0 Å². The van der Waals surface area contributed by atoms with Gasteiger partial charge < -0.3 is 24.7 Å². The number of ether oxygens (including phenoxy) is 2. The van der Waals surface area contributed by atoms with Crippen LogP contribution in [-0.2, 0) is 0 Å². The molecular weight excluding hydrogens is 486 g/mol. The van der Waals surface area contributed by atoms with E-state index in [1.165, 1.54) is 36.6 Å². The third-order valence-electron chi connectivity index (χ3n) is 5.09. The number of aromatic nitrogens is 2. The molecule has 0 bridgehead atoms. The standard InChI is InChI=1S/C23H18F2N2O7S/c1-11(18-14(25)3-2-4-17(18)33-8-7-28)34-12-5-6-13(24)16(9-12)27-21(29)19-15(26-23(27)32)10-35-20(19)22(30)31/h2-6,9-11,28H,7-8H2,1H3,(H,26,32)(H,30,31). The number of carboxylic acids is 1. The molecule has 182 valence electrons. The maximum Gasteiger partial charge on any atom is 0.346 e. The fraction of sp³-hybridized carbons (Fsp3) is 0.174. The molecule has 0 aliphatic carbocycles. The van der Waals surface area contributed by atoms with Gasteiger partial charge in [0.1, 0.15) is 40.7 Å². The number of carbonyl (C=O) groups is 1. The van der Waals surface area contributed by atoms with Crippen molar-refractivity contribution in [3.63, 3.8) is 0 Å². The zero-order valence-electron chi connectivity index (χ0n) is 18.1. The molecule has 12 heteroatoms. The SMILES string of the molecule is CC(Oc1ccc(F)c(-n2c(=O)[nH]c3csc(C(=O)O)c3c2=O)c1)c1c(F)cccc1OCCO. The number of aromatic carboxylic acids is 1. The van der Waals surface area contributed by atoms with Gasteiger partial charge in [-0.15, -0.1) is 11.3 Å². The summed E-state index contributed by atoms with van der Waals surface area (Å²) >= 11 is 0.755. The Morgan fingerprint density at radius 3 is 2.69 bits per heavy atom. The van der Waals surface area contributed by atoms with Crippen LogP contribution in [0, 0.1) is 11.6 Å². The number of hydrogen-bond donors (Lipinski definition) is 3. The van der Waals surface area contributed by atoms with Crippen LogP contribution in [0.1, 0.15) is 28.3 Å². The summed E-state index contributed by atoms with van der Waals surface area (Å²) < 4.78 is 40.9. The number of aliphatic hydroxyl groups excluding tert-OH is 1. The number of hydrogen-bond acceptors (Lipinski definition) is 7. The molecule has 2 aromatic heterocycles. The van der Waals surface area contributed by atoms with E-state index in [0.717, 1.165) is 23.5 Å². The fourth-order valence-electron chi connectivity index (χ4n) is 3.61. The minimum Gasteiger partial charge on any atom is -0.491 e. The van der Waals surface area contributed by atoms with Gasteiger partial charge >= 0.3 is 11.7 Å². The van der Waals surface area contributed by atoms with Crippen molar-refractivity contribution in [3.05, 3.63) is 84.7 Å². The van der Waals surface area contributed by atoms with E-state index in [1.54, 1.807) is 0 Å². The van der Waals surface area contributed by atoms with E-state index in [2.05, 4.69) is 4.98 Å². The van der Waals surface area contributed by atoms with Crippen LogP contribution in [0.25, 0.3) is 16.6 Å². The molecule has 4 rings (SSSR count). The fourth-order valence-corrected chi connectivity index (χ4v) is 4.44. The molecular formula is C23H18F2N2O7S. The summed E-state index contributed by atoms with van der Waals surface area (Å²) in [5.74, 6) is -2.80. The van der Waals surface area contributed by atoms with Crippen LogP contribution in [0.15, 0.2) is 51.4 Å². The molecule has 1 atom stereocenters. The number of nitrogens with one attached hydrogen (secondary N) is 1. The van der Waals surface area contributed by atoms with E-state index >= 15 is 0 Å². The Balaban J connectivity index is 1.77. The monoisotopic (exact) mass is 504 g/mol. The van der Waals surface area contributed by atoms with Crippen molar-refractivity contribution in [3.8, 4) is 17.2 Å². The Kier molecular flexibility index (Phi) is 6.67. The van der Waals surface area contributed by atoms with Gasteiger partial charge in [-0.2, -0.15) is 0 Å². The second-order valence-electron chi connectivity index (χ2n) is 7.33. The molecule has 0 fully saturated rings. The highest BCUT2D eigenvalue weighted by molar-refractivity contribution is 7.13. The van der Waals surface area contributed by atoms with Gasteiger partial charge in [0, 0.05) is 11.4 Å². The second-order valence-corrected chi connectivity index (χ2v) is 8.21. The smallest absolute Gasteiger partial charge is 0.346 e. The maximum atomic E-state index is 14.7. The normalized spacial score (nSPS) is 12.0. The first kappa shape index (κ1) is 24.1. The van der Waals surface area contributed by atoms with Crippen LogP contribution in [0.3, 0.4) is 0 Å². The number of halogens is 2. The van der Waals surface area contributed by atoms with Crippen LogP contribution in [0.2, 0.25) is 0 Å². The van der Waals surface area contributed by atoms with Crippen LogP contribution < -0.4 is 20.7 Å². The Morgan fingerprint density at radius 2 is 1.97 bits per heavy atom. The van der Waals surface area contributed by atoms with E-state index in [-0.39, 0.29) is 46.1 Å². The number of rotatable bonds is 8. The number of thiophene rings is 1. The summed E-state index contributed by atoms with van der Waals surface area (Å²) in [5.41, 5.74) is -2.39. The van der Waals surface area contributed by atoms with Gasteiger partial charge in [-0.25, -0.2) is 22.9 Å². The lowest BCUT2D eigenvalue weighted by atomic mass is 10.1. The van der Waals surface area contributed by atoms with Gasteiger partial charge in [-0.05, 0) is 31.2 Å². The number of carboxylic acid groups (broad SMARTS) is 1. The predicted octanol–water partition coefficient (Wildman–Crippen LogP) is 3.23. The van der Waals surface area contributed by atoms with Crippen LogP contribution in [0.5, 0.6) is 11.5 Å². The lowest BCUT2D eigenvalue weighted by Gasteiger charge is -2.20. The first-order valence-corrected chi connectivity index (χ1v) is 11.1. The van der Waals surface area contributed by atoms with Gasteiger partial charge in [-0.1, -0.05) is 6.07 Å². The predicted molar refractivity (Wildman–Crippen MR) is 123 cm³/mol. The molecule has 35 heavy (non-hydrogen) atoms. The first-order chi connectivity index (χ1) is 16.7. The van der Waals surface area contributed by atoms with Gasteiger partial charge in [0.25, 0.3) is 5.56 Å².